The lowest BCUT2D eigenvalue weighted by Crippen LogP contribution is -2.47. The van der Waals surface area contributed by atoms with Gasteiger partial charge in [-0.15, -0.1) is 0 Å². The van der Waals surface area contributed by atoms with Crippen LogP contribution in [-0.4, -0.2) is 85.5 Å². The lowest BCUT2D eigenvalue weighted by atomic mass is 9.99. The summed E-state index contributed by atoms with van der Waals surface area (Å²) in [6.07, 6.45) is 2.27. The number of aliphatic hydroxyl groups is 2. The third kappa shape index (κ3) is 7.35. The highest BCUT2D eigenvalue weighted by Gasteiger charge is 2.25. The van der Waals surface area contributed by atoms with Gasteiger partial charge in [0, 0.05) is 0 Å². The van der Waals surface area contributed by atoms with Crippen LogP contribution >= 0.6 is 0 Å². The van der Waals surface area contributed by atoms with Gasteiger partial charge >= 0.3 is 11.8 Å². The molecule has 0 unspecified atom stereocenters. The molecule has 2 rings (SSSR count). The average Bonchev–Trinajstić information content (AvgIpc) is 2.76. The standard InChI is InChI=1S/C26H38N2O4/c1-27(2,17-19-29)25(31)15-9-21-5-11-23(12-6-21)24-13-7-22(8-14-24)10-16-26(32)28(3,4)18-20-30/h5-8,11-14,29-30H,9-10,15-20H2,1-4H3/q+2. The number of aliphatic hydroxyl groups excluding tert-OH is 2. The summed E-state index contributed by atoms with van der Waals surface area (Å²) in [5, 5.41) is 18.2. The monoisotopic (exact) mass is 442 g/mol. The molecule has 6 heteroatoms. The zero-order valence-electron chi connectivity index (χ0n) is 19.9. The van der Waals surface area contributed by atoms with E-state index in [1.165, 1.54) is 0 Å². The summed E-state index contributed by atoms with van der Waals surface area (Å²) in [6.45, 7) is 0.871. The van der Waals surface area contributed by atoms with Crippen LogP contribution in [0.1, 0.15) is 24.0 Å². The Labute approximate surface area is 191 Å². The van der Waals surface area contributed by atoms with Crippen LogP contribution < -0.4 is 0 Å². The molecule has 0 spiro atoms. The molecule has 2 N–H and O–H groups in total. The highest BCUT2D eigenvalue weighted by molar-refractivity contribution is 5.70. The number of hydrogen-bond acceptors (Lipinski definition) is 4. The minimum Gasteiger partial charge on any atom is -0.390 e. The van der Waals surface area contributed by atoms with Crippen molar-refractivity contribution in [2.75, 3.05) is 54.5 Å². The van der Waals surface area contributed by atoms with E-state index in [9.17, 15) is 9.59 Å². The molecule has 0 radical (unpaired) electrons. The van der Waals surface area contributed by atoms with Crippen LogP contribution in [0.15, 0.2) is 48.5 Å². The van der Waals surface area contributed by atoms with E-state index >= 15 is 0 Å². The second-order valence-electron chi connectivity index (χ2n) is 9.45. The third-order valence-electron chi connectivity index (χ3n) is 6.16. The molecular weight excluding hydrogens is 404 g/mol. The van der Waals surface area contributed by atoms with Crippen LogP contribution in [0.5, 0.6) is 0 Å². The van der Waals surface area contributed by atoms with Crippen LogP contribution in [0.25, 0.3) is 11.1 Å². The van der Waals surface area contributed by atoms with Crippen molar-refractivity contribution in [3.8, 4) is 11.1 Å². The number of quaternary nitrogens is 2. The van der Waals surface area contributed by atoms with Crippen molar-refractivity contribution in [1.82, 2.24) is 0 Å². The minimum atomic E-state index is 0.00343. The summed E-state index contributed by atoms with van der Waals surface area (Å²) in [7, 11) is 7.32. The number of likely N-dealkylation sites (N-methyl/N-ethyl adjacent to an activating group) is 2. The fraction of sp³-hybridized carbons (Fsp3) is 0.462. The average molecular weight is 443 g/mol. The smallest absolute Gasteiger partial charge is 0.313 e. The van der Waals surface area contributed by atoms with Crippen LogP contribution in [0.3, 0.4) is 0 Å². The molecule has 0 fully saturated rings. The number of aryl methyl sites for hydroxylation is 2. The molecule has 2 aromatic carbocycles. The van der Waals surface area contributed by atoms with Crippen molar-refractivity contribution in [3.05, 3.63) is 59.7 Å². The topological polar surface area (TPSA) is 74.6 Å². The molecule has 6 nitrogen and oxygen atoms in total. The first-order valence-corrected chi connectivity index (χ1v) is 11.2. The van der Waals surface area contributed by atoms with Crippen molar-refractivity contribution in [2.45, 2.75) is 25.7 Å². The van der Waals surface area contributed by atoms with E-state index in [1.807, 2.05) is 28.2 Å². The highest BCUT2D eigenvalue weighted by Crippen LogP contribution is 2.22. The number of rotatable bonds is 11. The summed E-state index contributed by atoms with van der Waals surface area (Å²) in [5.41, 5.74) is 4.45. The second kappa shape index (κ2) is 11.5. The van der Waals surface area contributed by atoms with Crippen molar-refractivity contribution in [3.63, 3.8) is 0 Å². The predicted octanol–water partition coefficient (Wildman–Crippen LogP) is 2.41. The van der Waals surface area contributed by atoms with Gasteiger partial charge in [0.25, 0.3) is 0 Å². The number of hydrogen-bond donors (Lipinski definition) is 2. The molecule has 0 heterocycles. The Morgan fingerprint density at radius 3 is 1.22 bits per heavy atom. The van der Waals surface area contributed by atoms with Gasteiger partial charge in [0.15, 0.2) is 0 Å². The Morgan fingerprint density at radius 1 is 0.625 bits per heavy atom. The Balaban J connectivity index is 1.92. The van der Waals surface area contributed by atoms with Gasteiger partial charge in [-0.05, 0) is 35.1 Å². The summed E-state index contributed by atoms with van der Waals surface area (Å²) >= 11 is 0. The predicted molar refractivity (Wildman–Crippen MR) is 127 cm³/mol. The van der Waals surface area contributed by atoms with Gasteiger partial charge < -0.3 is 10.2 Å². The third-order valence-corrected chi connectivity index (χ3v) is 6.16. The molecule has 0 atom stereocenters. The van der Waals surface area contributed by atoms with Crippen molar-refractivity contribution < 1.29 is 28.8 Å². The molecule has 0 aliphatic rings. The van der Waals surface area contributed by atoms with Crippen molar-refractivity contribution >= 4 is 11.8 Å². The number of amides is 2. The molecule has 2 aromatic rings. The Kier molecular flexibility index (Phi) is 9.28. The Bertz CT molecular complexity index is 812. The molecule has 174 valence electrons. The molecule has 2 amide bonds. The van der Waals surface area contributed by atoms with Crippen molar-refractivity contribution in [1.29, 1.82) is 0 Å². The van der Waals surface area contributed by atoms with E-state index in [2.05, 4.69) is 48.5 Å². The van der Waals surface area contributed by atoms with E-state index in [4.69, 9.17) is 10.2 Å². The van der Waals surface area contributed by atoms with Gasteiger partial charge in [-0.2, -0.15) is 0 Å². The van der Waals surface area contributed by atoms with Gasteiger partial charge in [-0.1, -0.05) is 48.5 Å². The number of nitrogens with zero attached hydrogens (tertiary/aromatic N) is 2. The maximum absolute atomic E-state index is 12.4. The molecule has 0 bridgehead atoms. The van der Waals surface area contributed by atoms with E-state index in [1.54, 1.807) is 0 Å². The maximum Gasteiger partial charge on any atom is 0.313 e. The second-order valence-corrected chi connectivity index (χ2v) is 9.45. The molecular formula is C26H38N2O4+2. The van der Waals surface area contributed by atoms with Gasteiger partial charge in [-0.3, -0.25) is 8.97 Å². The minimum absolute atomic E-state index is 0.00343. The van der Waals surface area contributed by atoms with E-state index < -0.39 is 0 Å². The number of carbonyl (C=O) groups excluding carboxylic acids is 2. The maximum atomic E-state index is 12.4. The lowest BCUT2D eigenvalue weighted by Gasteiger charge is -2.25. The molecule has 0 aromatic heterocycles. The Morgan fingerprint density at radius 2 is 0.938 bits per heavy atom. The van der Waals surface area contributed by atoms with E-state index in [-0.39, 0.29) is 34.0 Å². The SMILES string of the molecule is C[N+](C)(CCO)C(=O)CCc1ccc(-c2ccc(CCC(=O)[N+](C)(C)CCO)cc2)cc1. The van der Waals surface area contributed by atoms with Gasteiger partial charge in [0.1, 0.15) is 13.1 Å². The zero-order chi connectivity index (χ0) is 23.8. The highest BCUT2D eigenvalue weighted by atomic mass is 16.3. The molecule has 0 aliphatic heterocycles. The van der Waals surface area contributed by atoms with Gasteiger partial charge in [0.05, 0.1) is 54.2 Å². The quantitative estimate of drug-likeness (QED) is 0.524. The Hall–Kier alpha value is -2.38. The zero-order valence-corrected chi connectivity index (χ0v) is 19.9. The molecule has 32 heavy (non-hydrogen) atoms. The van der Waals surface area contributed by atoms with Crippen LogP contribution in [0.2, 0.25) is 0 Å². The van der Waals surface area contributed by atoms with Crippen LogP contribution in [-0.2, 0) is 22.4 Å². The summed E-state index contributed by atoms with van der Waals surface area (Å²) < 4.78 is 0.398. The fourth-order valence-corrected chi connectivity index (χ4v) is 3.58. The molecule has 0 saturated carbocycles. The van der Waals surface area contributed by atoms with Crippen LogP contribution in [0, 0.1) is 0 Å². The largest absolute Gasteiger partial charge is 0.390 e. The normalized spacial score (nSPS) is 12.1. The van der Waals surface area contributed by atoms with Crippen molar-refractivity contribution in [2.24, 2.45) is 0 Å². The molecule has 0 saturated heterocycles. The van der Waals surface area contributed by atoms with Gasteiger partial charge in [0.2, 0.25) is 0 Å². The summed E-state index contributed by atoms with van der Waals surface area (Å²) in [5.74, 6) is 0.242. The first-order valence-electron chi connectivity index (χ1n) is 11.2. The fourth-order valence-electron chi connectivity index (χ4n) is 3.58. The molecule has 0 aliphatic carbocycles. The summed E-state index contributed by atoms with van der Waals surface area (Å²) in [6, 6.07) is 16.5. The number of benzene rings is 2. The van der Waals surface area contributed by atoms with E-state index in [0.717, 1.165) is 22.3 Å². The first-order chi connectivity index (χ1) is 15.1. The lowest BCUT2D eigenvalue weighted by molar-refractivity contribution is -0.814. The summed E-state index contributed by atoms with van der Waals surface area (Å²) in [4.78, 5) is 24.7. The first kappa shape index (κ1) is 25.9. The number of carbonyl (C=O) groups is 2. The van der Waals surface area contributed by atoms with Gasteiger partial charge in [-0.25, -0.2) is 9.59 Å². The van der Waals surface area contributed by atoms with Crippen LogP contribution in [0.4, 0.5) is 0 Å². The van der Waals surface area contributed by atoms with E-state index in [0.29, 0.717) is 38.8 Å².